The van der Waals surface area contributed by atoms with Gasteiger partial charge in [-0.1, -0.05) is 12.5 Å². The standard InChI is InChI=1S/C13H20INS/c1-4-7-15-12(6-5-10(2)3)11-8-13(14)16-9-11/h8-9,12,15H,2,4-7H2,1,3H3. The van der Waals surface area contributed by atoms with Crippen molar-refractivity contribution >= 4 is 33.9 Å². The van der Waals surface area contributed by atoms with Gasteiger partial charge in [-0.05, 0) is 72.3 Å². The molecule has 1 aromatic rings. The van der Waals surface area contributed by atoms with Crippen LogP contribution >= 0.6 is 33.9 Å². The van der Waals surface area contributed by atoms with Crippen molar-refractivity contribution < 1.29 is 0 Å². The van der Waals surface area contributed by atoms with Crippen LogP contribution in [0.2, 0.25) is 0 Å². The molecule has 0 aliphatic rings. The summed E-state index contributed by atoms with van der Waals surface area (Å²) in [6.45, 7) is 9.38. The van der Waals surface area contributed by atoms with Crippen molar-refractivity contribution in [1.82, 2.24) is 5.32 Å². The molecular formula is C13H20INS. The molecule has 90 valence electrons. The van der Waals surface area contributed by atoms with Gasteiger partial charge in [0.25, 0.3) is 0 Å². The van der Waals surface area contributed by atoms with E-state index in [9.17, 15) is 0 Å². The maximum Gasteiger partial charge on any atom is 0.0656 e. The van der Waals surface area contributed by atoms with E-state index in [1.54, 1.807) is 0 Å². The largest absolute Gasteiger partial charge is 0.310 e. The molecule has 0 aliphatic heterocycles. The van der Waals surface area contributed by atoms with Crippen LogP contribution in [0.3, 0.4) is 0 Å². The quantitative estimate of drug-likeness (QED) is 0.553. The van der Waals surface area contributed by atoms with Crippen molar-refractivity contribution in [2.45, 2.75) is 39.2 Å². The van der Waals surface area contributed by atoms with Crippen LogP contribution in [0.1, 0.15) is 44.7 Å². The molecule has 0 radical (unpaired) electrons. The van der Waals surface area contributed by atoms with Crippen molar-refractivity contribution in [2.24, 2.45) is 0 Å². The average Bonchev–Trinajstić information content (AvgIpc) is 2.64. The Morgan fingerprint density at radius 2 is 2.38 bits per heavy atom. The van der Waals surface area contributed by atoms with Crippen LogP contribution in [-0.2, 0) is 0 Å². The van der Waals surface area contributed by atoms with E-state index >= 15 is 0 Å². The molecule has 0 bridgehead atoms. The first-order chi connectivity index (χ1) is 7.63. The average molecular weight is 349 g/mol. The lowest BCUT2D eigenvalue weighted by Crippen LogP contribution is -2.21. The van der Waals surface area contributed by atoms with Crippen molar-refractivity contribution in [3.63, 3.8) is 0 Å². The highest BCUT2D eigenvalue weighted by Crippen LogP contribution is 2.26. The molecular weight excluding hydrogens is 329 g/mol. The number of allylic oxidation sites excluding steroid dienone is 1. The lowest BCUT2D eigenvalue weighted by molar-refractivity contribution is 0.500. The van der Waals surface area contributed by atoms with E-state index in [1.165, 1.54) is 20.4 Å². The number of hydrogen-bond donors (Lipinski definition) is 1. The van der Waals surface area contributed by atoms with E-state index in [0.717, 1.165) is 19.4 Å². The van der Waals surface area contributed by atoms with Crippen molar-refractivity contribution in [2.75, 3.05) is 6.54 Å². The van der Waals surface area contributed by atoms with Gasteiger partial charge in [-0.3, -0.25) is 0 Å². The topological polar surface area (TPSA) is 12.0 Å². The van der Waals surface area contributed by atoms with Crippen LogP contribution in [0.25, 0.3) is 0 Å². The number of hydrogen-bond acceptors (Lipinski definition) is 2. The second kappa shape index (κ2) is 7.45. The molecule has 1 nitrogen and oxygen atoms in total. The van der Waals surface area contributed by atoms with Gasteiger partial charge in [-0.25, -0.2) is 0 Å². The van der Waals surface area contributed by atoms with Crippen LogP contribution in [-0.4, -0.2) is 6.54 Å². The summed E-state index contributed by atoms with van der Waals surface area (Å²) in [6, 6.07) is 2.79. The van der Waals surface area contributed by atoms with Crippen LogP contribution in [0.4, 0.5) is 0 Å². The fraction of sp³-hybridized carbons (Fsp3) is 0.538. The third-order valence-electron chi connectivity index (χ3n) is 2.49. The maximum absolute atomic E-state index is 3.98. The molecule has 0 fully saturated rings. The highest BCUT2D eigenvalue weighted by molar-refractivity contribution is 14.1. The molecule has 1 heterocycles. The third-order valence-corrected chi connectivity index (χ3v) is 4.30. The summed E-state index contributed by atoms with van der Waals surface area (Å²) in [4.78, 5) is 0. The number of thiophene rings is 1. The van der Waals surface area contributed by atoms with E-state index in [2.05, 4.69) is 59.8 Å². The van der Waals surface area contributed by atoms with Gasteiger partial charge in [-0.15, -0.1) is 17.9 Å². The van der Waals surface area contributed by atoms with Gasteiger partial charge >= 0.3 is 0 Å². The molecule has 1 aromatic heterocycles. The Labute approximate surface area is 116 Å². The molecule has 0 saturated heterocycles. The van der Waals surface area contributed by atoms with E-state index in [4.69, 9.17) is 0 Å². The number of halogens is 1. The van der Waals surface area contributed by atoms with Gasteiger partial charge in [0.05, 0.1) is 2.88 Å². The van der Waals surface area contributed by atoms with Crippen LogP contribution in [0, 0.1) is 2.88 Å². The summed E-state index contributed by atoms with van der Waals surface area (Å²) in [7, 11) is 0. The zero-order valence-electron chi connectivity index (χ0n) is 10.1. The SMILES string of the molecule is C=C(C)CCC(NCCC)c1csc(I)c1. The van der Waals surface area contributed by atoms with Crippen molar-refractivity contribution in [3.8, 4) is 0 Å². The van der Waals surface area contributed by atoms with Crippen molar-refractivity contribution in [3.05, 3.63) is 32.0 Å². The summed E-state index contributed by atoms with van der Waals surface area (Å²) in [5.74, 6) is 0. The molecule has 0 amide bonds. The zero-order valence-corrected chi connectivity index (χ0v) is 13.0. The van der Waals surface area contributed by atoms with E-state index in [-0.39, 0.29) is 0 Å². The minimum atomic E-state index is 0.497. The zero-order chi connectivity index (χ0) is 12.0. The first kappa shape index (κ1) is 14.2. The Hall–Kier alpha value is 0.130. The molecule has 1 atom stereocenters. The summed E-state index contributed by atoms with van der Waals surface area (Å²) < 4.78 is 1.37. The molecule has 1 rings (SSSR count). The Morgan fingerprint density at radius 3 is 2.88 bits per heavy atom. The Morgan fingerprint density at radius 1 is 1.62 bits per heavy atom. The normalized spacial score (nSPS) is 12.7. The second-order valence-electron chi connectivity index (χ2n) is 4.19. The van der Waals surface area contributed by atoms with Crippen LogP contribution < -0.4 is 5.32 Å². The first-order valence-electron chi connectivity index (χ1n) is 5.75. The monoisotopic (exact) mass is 349 g/mol. The Kier molecular flexibility index (Phi) is 6.61. The highest BCUT2D eigenvalue weighted by Gasteiger charge is 2.11. The van der Waals surface area contributed by atoms with Crippen molar-refractivity contribution in [1.29, 1.82) is 0 Å². The van der Waals surface area contributed by atoms with Gasteiger partial charge in [0.15, 0.2) is 0 Å². The second-order valence-corrected chi connectivity index (χ2v) is 6.99. The smallest absolute Gasteiger partial charge is 0.0656 e. The fourth-order valence-corrected chi connectivity index (χ4v) is 3.03. The van der Waals surface area contributed by atoms with E-state index < -0.39 is 0 Å². The molecule has 1 N–H and O–H groups in total. The molecule has 0 spiro atoms. The minimum absolute atomic E-state index is 0.497. The van der Waals surface area contributed by atoms with Crippen LogP contribution in [0.15, 0.2) is 23.6 Å². The predicted octanol–water partition coefficient (Wildman–Crippen LogP) is 4.75. The van der Waals surface area contributed by atoms with Gasteiger partial charge in [0.2, 0.25) is 0 Å². The maximum atomic E-state index is 3.98. The first-order valence-corrected chi connectivity index (χ1v) is 7.71. The minimum Gasteiger partial charge on any atom is -0.310 e. The van der Waals surface area contributed by atoms with E-state index in [0.29, 0.717) is 6.04 Å². The van der Waals surface area contributed by atoms with Gasteiger partial charge in [-0.2, -0.15) is 0 Å². The predicted molar refractivity (Wildman–Crippen MR) is 82.1 cm³/mol. The number of rotatable bonds is 7. The summed E-state index contributed by atoms with van der Waals surface area (Å²) in [5.41, 5.74) is 2.71. The Bertz CT molecular complexity index is 332. The van der Waals surface area contributed by atoms with E-state index in [1.807, 2.05) is 11.3 Å². The number of nitrogens with one attached hydrogen (secondary N) is 1. The van der Waals surface area contributed by atoms with Gasteiger partial charge < -0.3 is 5.32 Å². The van der Waals surface area contributed by atoms with Crippen LogP contribution in [0.5, 0.6) is 0 Å². The molecule has 0 aromatic carbocycles. The summed E-state index contributed by atoms with van der Waals surface area (Å²) in [5, 5.41) is 5.89. The molecule has 1 unspecified atom stereocenters. The summed E-state index contributed by atoms with van der Waals surface area (Å²) in [6.07, 6.45) is 3.45. The molecule has 16 heavy (non-hydrogen) atoms. The lowest BCUT2D eigenvalue weighted by Gasteiger charge is -2.17. The third kappa shape index (κ3) is 4.97. The van der Waals surface area contributed by atoms with Gasteiger partial charge in [0, 0.05) is 6.04 Å². The highest BCUT2D eigenvalue weighted by atomic mass is 127. The lowest BCUT2D eigenvalue weighted by atomic mass is 10.0. The Balaban J connectivity index is 2.59. The molecule has 3 heteroatoms. The van der Waals surface area contributed by atoms with Gasteiger partial charge in [0.1, 0.15) is 0 Å². The fourth-order valence-electron chi connectivity index (χ4n) is 1.60. The molecule has 0 saturated carbocycles. The summed E-state index contributed by atoms with van der Waals surface area (Å²) >= 11 is 4.21. The molecule has 0 aliphatic carbocycles.